The summed E-state index contributed by atoms with van der Waals surface area (Å²) in [7, 11) is 0. The Morgan fingerprint density at radius 2 is 1.16 bits per heavy atom. The maximum absolute atomic E-state index is 3.46. The monoisotopic (exact) mass is 316 g/mol. The molecule has 0 fully saturated rings. The molecule has 0 saturated heterocycles. The normalized spacial score (nSPS) is 13.9. The summed E-state index contributed by atoms with van der Waals surface area (Å²) in [6.45, 7) is 0. The zero-order valence-electron chi connectivity index (χ0n) is 13.7. The highest BCUT2D eigenvalue weighted by Gasteiger charge is 2.45. The Balaban J connectivity index is 1.98. The van der Waals surface area contributed by atoms with Gasteiger partial charge in [-0.15, -0.1) is 0 Å². The molecule has 0 heterocycles. The smallest absolute Gasteiger partial charge is 0.0622 e. The number of benzene rings is 4. The molecular formula is C25H16. The first kappa shape index (κ1) is 14.2. The summed E-state index contributed by atoms with van der Waals surface area (Å²) in [5.41, 5.74) is 7.24. The number of hydrogen-bond donors (Lipinski definition) is 0. The summed E-state index contributed by atoms with van der Waals surface area (Å²) in [5, 5.41) is 0. The molecule has 0 amide bonds. The van der Waals surface area contributed by atoms with Crippen LogP contribution in [0.5, 0.6) is 0 Å². The third kappa shape index (κ3) is 1.88. The van der Waals surface area contributed by atoms with Crippen molar-refractivity contribution in [1.29, 1.82) is 0 Å². The Morgan fingerprint density at radius 3 is 1.84 bits per heavy atom. The van der Waals surface area contributed by atoms with Crippen molar-refractivity contribution >= 4 is 0 Å². The van der Waals surface area contributed by atoms with Gasteiger partial charge in [-0.1, -0.05) is 97.1 Å². The molecule has 2 radical (unpaired) electrons. The van der Waals surface area contributed by atoms with E-state index in [9.17, 15) is 0 Å². The Bertz CT molecular complexity index is 943. The van der Waals surface area contributed by atoms with Crippen LogP contribution in [0.4, 0.5) is 0 Å². The summed E-state index contributed by atoms with van der Waals surface area (Å²) in [5.74, 6) is 0. The predicted octanol–water partition coefficient (Wildman–Crippen LogP) is 5.65. The van der Waals surface area contributed by atoms with E-state index in [0.29, 0.717) is 0 Å². The SMILES string of the molecule is [c]1[c]c2c(cc1)-c1ccccc1C2(c1ccccc1)c1ccccc1. The molecule has 4 aromatic carbocycles. The van der Waals surface area contributed by atoms with Crippen molar-refractivity contribution < 1.29 is 0 Å². The van der Waals surface area contributed by atoms with Crippen molar-refractivity contribution in [2.45, 2.75) is 5.41 Å². The molecule has 116 valence electrons. The van der Waals surface area contributed by atoms with Gasteiger partial charge in [0.1, 0.15) is 0 Å². The maximum Gasteiger partial charge on any atom is 0.0719 e. The standard InChI is InChI=1S/C25H16/c1-3-11-19(12-4-1)25(20-13-5-2-6-14-20)23-17-9-7-15-21(23)22-16-8-10-18-24(22)25/h1-9,11-17H. The Hall–Kier alpha value is -3.12. The lowest BCUT2D eigenvalue weighted by atomic mass is 9.68. The van der Waals surface area contributed by atoms with Gasteiger partial charge in [-0.05, 0) is 45.5 Å². The molecule has 1 aliphatic carbocycles. The van der Waals surface area contributed by atoms with E-state index >= 15 is 0 Å². The van der Waals surface area contributed by atoms with E-state index in [-0.39, 0.29) is 5.41 Å². The summed E-state index contributed by atoms with van der Waals surface area (Å²) in [4.78, 5) is 0. The van der Waals surface area contributed by atoms with Crippen LogP contribution in [0.25, 0.3) is 11.1 Å². The molecule has 0 nitrogen and oxygen atoms in total. The summed E-state index contributed by atoms with van der Waals surface area (Å²) >= 11 is 0. The molecule has 0 aliphatic heterocycles. The second-order valence-corrected chi connectivity index (χ2v) is 6.42. The van der Waals surface area contributed by atoms with Crippen LogP contribution in [0.1, 0.15) is 22.3 Å². The summed E-state index contributed by atoms with van der Waals surface area (Å²) in [6, 6.07) is 41.0. The molecule has 0 atom stereocenters. The average molecular weight is 316 g/mol. The lowest BCUT2D eigenvalue weighted by molar-refractivity contribution is 0.767. The Labute approximate surface area is 148 Å². The van der Waals surface area contributed by atoms with E-state index < -0.39 is 0 Å². The molecule has 0 bridgehead atoms. The van der Waals surface area contributed by atoms with E-state index in [1.165, 1.54) is 33.4 Å². The first-order valence-corrected chi connectivity index (χ1v) is 8.56. The molecule has 0 spiro atoms. The van der Waals surface area contributed by atoms with Crippen LogP contribution in [0.15, 0.2) is 97.1 Å². The zero-order valence-corrected chi connectivity index (χ0v) is 13.7. The van der Waals surface area contributed by atoms with Crippen molar-refractivity contribution in [3.8, 4) is 11.1 Å². The zero-order chi connectivity index (χ0) is 16.7. The van der Waals surface area contributed by atoms with Gasteiger partial charge in [0, 0.05) is 0 Å². The second kappa shape index (κ2) is 5.46. The molecule has 0 unspecified atom stereocenters. The molecule has 0 saturated carbocycles. The molecule has 1 aliphatic rings. The first-order valence-electron chi connectivity index (χ1n) is 8.56. The van der Waals surface area contributed by atoms with Crippen LogP contribution in [0.3, 0.4) is 0 Å². The Kier molecular flexibility index (Phi) is 3.11. The fourth-order valence-corrected chi connectivity index (χ4v) is 4.23. The lowest BCUT2D eigenvalue weighted by Crippen LogP contribution is -2.28. The van der Waals surface area contributed by atoms with Gasteiger partial charge in [-0.3, -0.25) is 0 Å². The summed E-state index contributed by atoms with van der Waals surface area (Å²) in [6.07, 6.45) is 0. The largest absolute Gasteiger partial charge is 0.0719 e. The van der Waals surface area contributed by atoms with Crippen LogP contribution in [-0.4, -0.2) is 0 Å². The van der Waals surface area contributed by atoms with Gasteiger partial charge in [0.2, 0.25) is 0 Å². The van der Waals surface area contributed by atoms with Crippen LogP contribution in [0, 0.1) is 12.1 Å². The summed E-state index contributed by atoms with van der Waals surface area (Å²) < 4.78 is 0. The molecular weight excluding hydrogens is 300 g/mol. The molecule has 0 N–H and O–H groups in total. The van der Waals surface area contributed by atoms with Crippen molar-refractivity contribution in [1.82, 2.24) is 0 Å². The average Bonchev–Trinajstić information content (AvgIpc) is 3.01. The van der Waals surface area contributed by atoms with Gasteiger partial charge in [0.15, 0.2) is 0 Å². The maximum atomic E-state index is 3.46. The van der Waals surface area contributed by atoms with Crippen molar-refractivity contribution in [3.63, 3.8) is 0 Å². The molecule has 0 aromatic heterocycles. The Morgan fingerprint density at radius 1 is 0.560 bits per heavy atom. The second-order valence-electron chi connectivity index (χ2n) is 6.42. The number of fused-ring (bicyclic) bond motifs is 3. The highest BCUT2D eigenvalue weighted by atomic mass is 14.5. The fourth-order valence-electron chi connectivity index (χ4n) is 4.23. The van der Waals surface area contributed by atoms with Crippen molar-refractivity contribution in [2.24, 2.45) is 0 Å². The minimum Gasteiger partial charge on any atom is -0.0622 e. The van der Waals surface area contributed by atoms with Crippen LogP contribution in [0.2, 0.25) is 0 Å². The van der Waals surface area contributed by atoms with Crippen molar-refractivity contribution in [3.05, 3.63) is 131 Å². The van der Waals surface area contributed by atoms with E-state index in [1.807, 2.05) is 6.07 Å². The number of rotatable bonds is 2. The van der Waals surface area contributed by atoms with Gasteiger partial charge < -0.3 is 0 Å². The van der Waals surface area contributed by atoms with Crippen LogP contribution in [-0.2, 0) is 5.41 Å². The third-order valence-corrected chi connectivity index (χ3v) is 5.21. The van der Waals surface area contributed by atoms with E-state index in [2.05, 4.69) is 103 Å². The molecule has 0 heteroatoms. The van der Waals surface area contributed by atoms with E-state index in [1.54, 1.807) is 0 Å². The van der Waals surface area contributed by atoms with E-state index in [4.69, 9.17) is 0 Å². The fraction of sp³-hybridized carbons (Fsp3) is 0.0400. The minimum atomic E-state index is -0.341. The van der Waals surface area contributed by atoms with E-state index in [0.717, 1.165) is 0 Å². The van der Waals surface area contributed by atoms with Gasteiger partial charge in [-0.2, -0.15) is 0 Å². The van der Waals surface area contributed by atoms with Gasteiger partial charge in [-0.25, -0.2) is 0 Å². The highest BCUT2D eigenvalue weighted by molar-refractivity contribution is 5.85. The van der Waals surface area contributed by atoms with Crippen LogP contribution >= 0.6 is 0 Å². The van der Waals surface area contributed by atoms with Gasteiger partial charge in [0.05, 0.1) is 5.41 Å². The molecule has 25 heavy (non-hydrogen) atoms. The van der Waals surface area contributed by atoms with Gasteiger partial charge in [0.25, 0.3) is 0 Å². The van der Waals surface area contributed by atoms with Crippen LogP contribution < -0.4 is 0 Å². The van der Waals surface area contributed by atoms with Crippen molar-refractivity contribution in [2.75, 3.05) is 0 Å². The molecule has 4 aromatic rings. The highest BCUT2D eigenvalue weighted by Crippen LogP contribution is 2.55. The minimum absolute atomic E-state index is 0.341. The lowest BCUT2D eigenvalue weighted by Gasteiger charge is -2.33. The topological polar surface area (TPSA) is 0 Å². The number of hydrogen-bond acceptors (Lipinski definition) is 0. The molecule has 5 rings (SSSR count). The first-order chi connectivity index (χ1) is 12.4. The third-order valence-electron chi connectivity index (χ3n) is 5.21. The quantitative estimate of drug-likeness (QED) is 0.395. The van der Waals surface area contributed by atoms with Gasteiger partial charge >= 0.3 is 0 Å². The predicted molar refractivity (Wildman–Crippen MR) is 101 cm³/mol.